The summed E-state index contributed by atoms with van der Waals surface area (Å²) in [4.78, 5) is 11.0. The fraction of sp³-hybridized carbons (Fsp3) is 0.556. The molecule has 0 bridgehead atoms. The fourth-order valence-electron chi connectivity index (χ4n) is 4.10. The molecule has 4 rings (SSSR count). The number of hydrogen-bond acceptors (Lipinski definition) is 7. The Balaban J connectivity index is 1.75. The molecule has 0 atom stereocenters. The van der Waals surface area contributed by atoms with Gasteiger partial charge in [0.2, 0.25) is 11.9 Å². The predicted molar refractivity (Wildman–Crippen MR) is 97.2 cm³/mol. The normalized spacial score (nSPS) is 24.9. The monoisotopic (exact) mass is 343 g/mol. The molecule has 7 heteroatoms. The van der Waals surface area contributed by atoms with E-state index in [0.29, 0.717) is 19.2 Å². The quantitative estimate of drug-likeness (QED) is 0.856. The van der Waals surface area contributed by atoms with Gasteiger partial charge in [-0.05, 0) is 44.7 Å². The Morgan fingerprint density at radius 2 is 1.80 bits per heavy atom. The van der Waals surface area contributed by atoms with Crippen LogP contribution in [0.5, 0.6) is 0 Å². The van der Waals surface area contributed by atoms with Crippen LogP contribution in [0.1, 0.15) is 44.6 Å². The number of ether oxygens (including phenoxy) is 2. The lowest BCUT2D eigenvalue weighted by atomic mass is 9.87. The molecular weight excluding hydrogens is 318 g/mol. The molecule has 3 aliphatic rings. The van der Waals surface area contributed by atoms with E-state index >= 15 is 0 Å². The fourth-order valence-corrected chi connectivity index (χ4v) is 4.10. The van der Waals surface area contributed by atoms with Crippen molar-refractivity contribution < 1.29 is 9.47 Å². The van der Waals surface area contributed by atoms with E-state index in [1.165, 1.54) is 6.42 Å². The second-order valence-electron chi connectivity index (χ2n) is 7.01. The van der Waals surface area contributed by atoms with Gasteiger partial charge in [0.1, 0.15) is 5.66 Å². The number of hydrogen-bond donors (Lipinski definition) is 2. The molecule has 0 amide bonds. The van der Waals surface area contributed by atoms with Crippen molar-refractivity contribution in [3.8, 4) is 0 Å². The molecule has 4 N–H and O–H groups in total. The molecule has 1 aliphatic carbocycles. The average molecular weight is 343 g/mol. The number of anilines is 1. The lowest BCUT2D eigenvalue weighted by molar-refractivity contribution is -0.149. The van der Waals surface area contributed by atoms with Gasteiger partial charge in [-0.3, -0.25) is 4.90 Å². The predicted octanol–water partition coefficient (Wildman–Crippen LogP) is 2.02. The van der Waals surface area contributed by atoms with Gasteiger partial charge < -0.3 is 20.9 Å². The van der Waals surface area contributed by atoms with Crippen molar-refractivity contribution in [1.29, 1.82) is 0 Å². The third kappa shape index (κ3) is 2.77. The highest BCUT2D eigenvalue weighted by Crippen LogP contribution is 2.41. The number of aliphatic imine (C=N–C) groups is 2. The van der Waals surface area contributed by atoms with Crippen LogP contribution >= 0.6 is 0 Å². The highest BCUT2D eigenvalue weighted by Gasteiger charge is 2.43. The number of nitrogens with zero attached hydrogens (tertiary/aromatic N) is 3. The first-order valence-electron chi connectivity index (χ1n) is 8.91. The van der Waals surface area contributed by atoms with Gasteiger partial charge in [0.05, 0.1) is 13.2 Å². The zero-order valence-electron chi connectivity index (χ0n) is 14.6. The van der Waals surface area contributed by atoms with Crippen LogP contribution in [0.2, 0.25) is 0 Å². The van der Waals surface area contributed by atoms with Crippen LogP contribution in [0.25, 0.3) is 0 Å². The minimum Gasteiger partial charge on any atom is -0.369 e. The molecular formula is C18H25N5O2. The molecule has 1 saturated heterocycles. The number of rotatable bonds is 2. The Labute approximate surface area is 147 Å². The van der Waals surface area contributed by atoms with Gasteiger partial charge in [-0.1, -0.05) is 18.6 Å². The van der Waals surface area contributed by atoms with E-state index in [-0.39, 0.29) is 5.96 Å². The third-order valence-corrected chi connectivity index (χ3v) is 5.32. The molecule has 1 aromatic carbocycles. The standard InChI is InChI=1S/C18H25N5O2/c1-17(24-10-11-25-17)13-6-5-7-14(12-13)23-16(20)21-15(19)22-18(23)8-3-2-4-9-18/h5-7,12H,2-4,8-11H2,1H3,(H4,19,20,21,22). The van der Waals surface area contributed by atoms with E-state index in [9.17, 15) is 0 Å². The van der Waals surface area contributed by atoms with E-state index in [2.05, 4.69) is 11.1 Å². The second-order valence-corrected chi connectivity index (χ2v) is 7.01. The van der Waals surface area contributed by atoms with Crippen molar-refractivity contribution in [3.05, 3.63) is 29.8 Å². The molecule has 0 radical (unpaired) electrons. The summed E-state index contributed by atoms with van der Waals surface area (Å²) >= 11 is 0. The second kappa shape index (κ2) is 6.00. The first-order chi connectivity index (χ1) is 12.0. The molecule has 2 fully saturated rings. The zero-order chi connectivity index (χ0) is 17.5. The highest BCUT2D eigenvalue weighted by atomic mass is 16.7. The summed E-state index contributed by atoms with van der Waals surface area (Å²) in [6.07, 6.45) is 5.24. The molecule has 0 aromatic heterocycles. The molecule has 2 aliphatic heterocycles. The molecule has 2 heterocycles. The van der Waals surface area contributed by atoms with Gasteiger partial charge >= 0.3 is 0 Å². The van der Waals surface area contributed by atoms with Gasteiger partial charge in [0, 0.05) is 11.3 Å². The van der Waals surface area contributed by atoms with Crippen molar-refractivity contribution in [2.75, 3.05) is 18.1 Å². The first kappa shape index (κ1) is 16.4. The summed E-state index contributed by atoms with van der Waals surface area (Å²) in [6.45, 7) is 3.14. The van der Waals surface area contributed by atoms with E-state index in [4.69, 9.17) is 25.9 Å². The maximum absolute atomic E-state index is 6.30. The van der Waals surface area contributed by atoms with Crippen LogP contribution in [0, 0.1) is 0 Å². The molecule has 0 unspecified atom stereocenters. The maximum atomic E-state index is 6.30. The Hall–Kier alpha value is -2.12. The highest BCUT2D eigenvalue weighted by molar-refractivity contribution is 6.05. The summed E-state index contributed by atoms with van der Waals surface area (Å²) in [5.41, 5.74) is 13.7. The molecule has 7 nitrogen and oxygen atoms in total. The van der Waals surface area contributed by atoms with Crippen molar-refractivity contribution in [2.45, 2.75) is 50.5 Å². The van der Waals surface area contributed by atoms with Crippen LogP contribution in [0.3, 0.4) is 0 Å². The first-order valence-corrected chi connectivity index (χ1v) is 8.91. The van der Waals surface area contributed by atoms with Gasteiger partial charge in [-0.25, -0.2) is 4.99 Å². The van der Waals surface area contributed by atoms with Crippen molar-refractivity contribution >= 4 is 17.6 Å². The van der Waals surface area contributed by atoms with Gasteiger partial charge in [-0.2, -0.15) is 4.99 Å². The smallest absolute Gasteiger partial charge is 0.220 e. The van der Waals surface area contributed by atoms with Crippen LogP contribution in [-0.4, -0.2) is 30.8 Å². The molecule has 1 saturated carbocycles. The maximum Gasteiger partial charge on any atom is 0.220 e. The number of benzene rings is 1. The Kier molecular flexibility index (Phi) is 3.92. The summed E-state index contributed by atoms with van der Waals surface area (Å²) in [6, 6.07) is 8.09. The Morgan fingerprint density at radius 1 is 1.08 bits per heavy atom. The average Bonchev–Trinajstić information content (AvgIpc) is 3.03. The molecule has 25 heavy (non-hydrogen) atoms. The SMILES string of the molecule is CC1(c2cccc(N3C(N)=NC(N)=NC34CCCCC4)c2)OCCO1. The topological polar surface area (TPSA) is 98.5 Å². The number of guanidine groups is 2. The number of nitrogens with two attached hydrogens (primary N) is 2. The van der Waals surface area contributed by atoms with Crippen molar-refractivity contribution in [3.63, 3.8) is 0 Å². The Bertz CT molecular complexity index is 718. The molecule has 1 aromatic rings. The summed E-state index contributed by atoms with van der Waals surface area (Å²) in [5, 5.41) is 0. The zero-order valence-corrected chi connectivity index (χ0v) is 14.6. The van der Waals surface area contributed by atoms with Crippen LogP contribution in [-0.2, 0) is 15.3 Å². The van der Waals surface area contributed by atoms with Gasteiger partial charge in [0.25, 0.3) is 0 Å². The van der Waals surface area contributed by atoms with E-state index in [0.717, 1.165) is 36.9 Å². The third-order valence-electron chi connectivity index (χ3n) is 5.32. The lowest BCUT2D eigenvalue weighted by Crippen LogP contribution is -2.58. The summed E-state index contributed by atoms with van der Waals surface area (Å²) in [5.74, 6) is -0.0640. The minimum absolute atomic E-state index is 0.265. The molecule has 1 spiro atoms. The lowest BCUT2D eigenvalue weighted by Gasteiger charge is -2.45. The van der Waals surface area contributed by atoms with Gasteiger partial charge in [-0.15, -0.1) is 0 Å². The van der Waals surface area contributed by atoms with Crippen LogP contribution in [0.4, 0.5) is 5.69 Å². The van der Waals surface area contributed by atoms with Crippen LogP contribution < -0.4 is 16.4 Å². The van der Waals surface area contributed by atoms with Crippen molar-refractivity contribution in [2.24, 2.45) is 21.5 Å². The van der Waals surface area contributed by atoms with E-state index in [1.807, 2.05) is 30.0 Å². The minimum atomic E-state index is -0.722. The van der Waals surface area contributed by atoms with E-state index < -0.39 is 11.4 Å². The summed E-state index contributed by atoms with van der Waals surface area (Å²) < 4.78 is 11.6. The summed E-state index contributed by atoms with van der Waals surface area (Å²) in [7, 11) is 0. The van der Waals surface area contributed by atoms with E-state index in [1.54, 1.807) is 0 Å². The Morgan fingerprint density at radius 3 is 2.52 bits per heavy atom. The van der Waals surface area contributed by atoms with Gasteiger partial charge in [0.15, 0.2) is 5.79 Å². The molecule has 134 valence electrons. The largest absolute Gasteiger partial charge is 0.369 e. The van der Waals surface area contributed by atoms with Crippen molar-refractivity contribution in [1.82, 2.24) is 0 Å². The van der Waals surface area contributed by atoms with Crippen LogP contribution in [0.15, 0.2) is 34.3 Å².